The first kappa shape index (κ1) is 13.0. The monoisotopic (exact) mass is 316 g/mol. The predicted molar refractivity (Wildman–Crippen MR) is 86.0 cm³/mol. The molecule has 21 heavy (non-hydrogen) atoms. The van der Waals surface area contributed by atoms with E-state index < -0.39 is 0 Å². The summed E-state index contributed by atoms with van der Waals surface area (Å²) in [5.74, 6) is 0.943. The van der Waals surface area contributed by atoms with Gasteiger partial charge in [0.15, 0.2) is 5.82 Å². The average molecular weight is 317 g/mol. The Hall–Kier alpha value is -1.72. The Balaban J connectivity index is 1.76. The van der Waals surface area contributed by atoms with Gasteiger partial charge in [-0.25, -0.2) is 15.0 Å². The van der Waals surface area contributed by atoms with Crippen LogP contribution in [0, 0.1) is 0 Å². The van der Waals surface area contributed by atoms with Gasteiger partial charge in [0, 0.05) is 11.6 Å². The van der Waals surface area contributed by atoms with Gasteiger partial charge in [-0.1, -0.05) is 23.7 Å². The molecule has 1 atom stereocenters. The van der Waals surface area contributed by atoms with Crippen LogP contribution in [0.5, 0.6) is 0 Å². The van der Waals surface area contributed by atoms with E-state index >= 15 is 0 Å². The van der Waals surface area contributed by atoms with Crippen molar-refractivity contribution in [2.24, 2.45) is 0 Å². The summed E-state index contributed by atoms with van der Waals surface area (Å²) >= 11 is 7.55. The van der Waals surface area contributed by atoms with Crippen LogP contribution >= 0.6 is 22.9 Å². The third kappa shape index (κ3) is 2.26. The van der Waals surface area contributed by atoms with Crippen LogP contribution in [-0.4, -0.2) is 21.5 Å². The van der Waals surface area contributed by atoms with E-state index in [2.05, 4.69) is 32.0 Å². The van der Waals surface area contributed by atoms with Crippen LogP contribution in [0.1, 0.15) is 24.4 Å². The second-order valence-electron chi connectivity index (χ2n) is 5.11. The van der Waals surface area contributed by atoms with Crippen LogP contribution < -0.4 is 4.90 Å². The SMILES string of the molecule is Clc1ccc(C2CCCN2c2ncnc3scnc23)cc1. The predicted octanol–water partition coefficient (Wildman–Crippen LogP) is 4.08. The first-order chi connectivity index (χ1) is 10.3. The quantitative estimate of drug-likeness (QED) is 0.714. The second kappa shape index (κ2) is 5.24. The van der Waals surface area contributed by atoms with Gasteiger partial charge in [0.05, 0.1) is 11.6 Å². The number of hydrogen-bond acceptors (Lipinski definition) is 5. The Bertz CT molecular complexity index is 771. The van der Waals surface area contributed by atoms with E-state index in [9.17, 15) is 0 Å². The van der Waals surface area contributed by atoms with E-state index in [1.807, 2.05) is 17.6 Å². The minimum atomic E-state index is 0.335. The number of rotatable bonds is 2. The fraction of sp³-hybridized carbons (Fsp3) is 0.267. The molecule has 0 radical (unpaired) electrons. The maximum atomic E-state index is 5.99. The summed E-state index contributed by atoms with van der Waals surface area (Å²) in [4.78, 5) is 16.5. The van der Waals surface area contributed by atoms with Crippen LogP contribution in [0.15, 0.2) is 36.1 Å². The summed E-state index contributed by atoms with van der Waals surface area (Å²) in [6, 6.07) is 8.44. The van der Waals surface area contributed by atoms with E-state index in [0.29, 0.717) is 6.04 Å². The molecule has 106 valence electrons. The molecule has 1 aliphatic heterocycles. The Kier molecular flexibility index (Phi) is 3.24. The third-order valence-electron chi connectivity index (χ3n) is 3.90. The zero-order valence-corrected chi connectivity index (χ0v) is 12.8. The van der Waals surface area contributed by atoms with Crippen LogP contribution in [0.2, 0.25) is 5.02 Å². The van der Waals surface area contributed by atoms with Gasteiger partial charge in [-0.15, -0.1) is 11.3 Å². The van der Waals surface area contributed by atoms with Gasteiger partial charge in [0.25, 0.3) is 0 Å². The number of nitrogens with zero attached hydrogens (tertiary/aromatic N) is 4. The number of halogens is 1. The van der Waals surface area contributed by atoms with Gasteiger partial charge in [-0.05, 0) is 30.5 Å². The summed E-state index contributed by atoms with van der Waals surface area (Å²) in [5, 5.41) is 0.771. The number of anilines is 1. The van der Waals surface area contributed by atoms with Crippen LogP contribution in [0.25, 0.3) is 10.3 Å². The highest BCUT2D eigenvalue weighted by Gasteiger charge is 2.29. The van der Waals surface area contributed by atoms with E-state index in [4.69, 9.17) is 11.6 Å². The minimum absolute atomic E-state index is 0.335. The molecule has 4 rings (SSSR count). The molecule has 0 aliphatic carbocycles. The van der Waals surface area contributed by atoms with E-state index in [0.717, 1.165) is 40.6 Å². The number of benzene rings is 1. The Labute approximate surface area is 131 Å². The molecule has 3 aromatic rings. The molecule has 1 aromatic carbocycles. The standard InChI is InChI=1S/C15H13ClN4S/c16-11-5-3-10(4-6-11)12-2-1-7-20(12)14-13-15(18-8-17-14)21-9-19-13/h3-6,8-9,12H,1-2,7H2. The van der Waals surface area contributed by atoms with Gasteiger partial charge >= 0.3 is 0 Å². The van der Waals surface area contributed by atoms with Crippen molar-refractivity contribution in [3.05, 3.63) is 46.7 Å². The highest BCUT2D eigenvalue weighted by Crippen LogP contribution is 2.38. The molecule has 0 spiro atoms. The maximum absolute atomic E-state index is 5.99. The van der Waals surface area contributed by atoms with Crippen molar-refractivity contribution in [1.82, 2.24) is 15.0 Å². The van der Waals surface area contributed by atoms with Crippen LogP contribution in [-0.2, 0) is 0 Å². The van der Waals surface area contributed by atoms with Gasteiger partial charge < -0.3 is 4.90 Å². The molecule has 0 amide bonds. The Morgan fingerprint density at radius 1 is 1.14 bits per heavy atom. The summed E-state index contributed by atoms with van der Waals surface area (Å²) in [6.07, 6.45) is 3.91. The molecule has 0 bridgehead atoms. The highest BCUT2D eigenvalue weighted by molar-refractivity contribution is 7.16. The molecular formula is C15H13ClN4S. The summed E-state index contributed by atoms with van der Waals surface area (Å²) in [5.41, 5.74) is 4.01. The molecule has 2 aromatic heterocycles. The van der Waals surface area contributed by atoms with Crippen LogP contribution in [0.4, 0.5) is 5.82 Å². The lowest BCUT2D eigenvalue weighted by Gasteiger charge is -2.26. The smallest absolute Gasteiger partial charge is 0.160 e. The molecule has 6 heteroatoms. The zero-order chi connectivity index (χ0) is 14.2. The lowest BCUT2D eigenvalue weighted by Crippen LogP contribution is -2.23. The summed E-state index contributed by atoms with van der Waals surface area (Å²) in [6.45, 7) is 0.997. The first-order valence-electron chi connectivity index (χ1n) is 6.89. The van der Waals surface area contributed by atoms with Crippen molar-refractivity contribution >= 4 is 39.1 Å². The molecule has 0 saturated carbocycles. The van der Waals surface area contributed by atoms with E-state index in [1.165, 1.54) is 5.56 Å². The van der Waals surface area contributed by atoms with Crippen molar-refractivity contribution in [2.75, 3.05) is 11.4 Å². The zero-order valence-electron chi connectivity index (χ0n) is 11.2. The van der Waals surface area contributed by atoms with Gasteiger partial charge in [0.1, 0.15) is 16.7 Å². The van der Waals surface area contributed by atoms with Gasteiger partial charge in [0.2, 0.25) is 0 Å². The van der Waals surface area contributed by atoms with E-state index in [-0.39, 0.29) is 0 Å². The Morgan fingerprint density at radius 2 is 2.00 bits per heavy atom. The maximum Gasteiger partial charge on any atom is 0.160 e. The lowest BCUT2D eigenvalue weighted by atomic mass is 10.0. The summed E-state index contributed by atoms with van der Waals surface area (Å²) < 4.78 is 0. The molecule has 0 N–H and O–H groups in total. The molecule has 3 heterocycles. The molecule has 4 nitrogen and oxygen atoms in total. The minimum Gasteiger partial charge on any atom is -0.348 e. The fourth-order valence-electron chi connectivity index (χ4n) is 2.94. The second-order valence-corrected chi connectivity index (χ2v) is 6.38. The third-order valence-corrected chi connectivity index (χ3v) is 4.88. The van der Waals surface area contributed by atoms with Gasteiger partial charge in [-0.2, -0.15) is 0 Å². The Morgan fingerprint density at radius 3 is 2.86 bits per heavy atom. The average Bonchev–Trinajstić information content (AvgIpc) is 3.16. The molecule has 1 saturated heterocycles. The number of thiazole rings is 1. The largest absolute Gasteiger partial charge is 0.348 e. The number of hydrogen-bond donors (Lipinski definition) is 0. The fourth-order valence-corrected chi connectivity index (χ4v) is 3.69. The molecule has 1 fully saturated rings. The molecule has 1 unspecified atom stereocenters. The molecule has 1 aliphatic rings. The highest BCUT2D eigenvalue weighted by atomic mass is 35.5. The van der Waals surface area contributed by atoms with Crippen molar-refractivity contribution < 1.29 is 0 Å². The topological polar surface area (TPSA) is 41.9 Å². The van der Waals surface area contributed by atoms with Gasteiger partial charge in [-0.3, -0.25) is 0 Å². The van der Waals surface area contributed by atoms with Crippen molar-refractivity contribution in [2.45, 2.75) is 18.9 Å². The molecular weight excluding hydrogens is 304 g/mol. The van der Waals surface area contributed by atoms with Crippen molar-refractivity contribution in [3.8, 4) is 0 Å². The van der Waals surface area contributed by atoms with Crippen LogP contribution in [0.3, 0.4) is 0 Å². The van der Waals surface area contributed by atoms with Crippen molar-refractivity contribution in [1.29, 1.82) is 0 Å². The summed E-state index contributed by atoms with van der Waals surface area (Å²) in [7, 11) is 0. The van der Waals surface area contributed by atoms with Crippen molar-refractivity contribution in [3.63, 3.8) is 0 Å². The number of aromatic nitrogens is 3. The number of fused-ring (bicyclic) bond motifs is 1. The normalized spacial score (nSPS) is 18.5. The lowest BCUT2D eigenvalue weighted by molar-refractivity contribution is 0.713. The first-order valence-corrected chi connectivity index (χ1v) is 8.15. The van der Waals surface area contributed by atoms with E-state index in [1.54, 1.807) is 17.7 Å².